The largest absolute Gasteiger partial charge is 0.351 e. The fourth-order valence-corrected chi connectivity index (χ4v) is 5.85. The first-order valence-electron chi connectivity index (χ1n) is 11.6. The summed E-state index contributed by atoms with van der Waals surface area (Å²) in [5.74, 6) is -0.352. The van der Waals surface area contributed by atoms with Gasteiger partial charge in [-0.05, 0) is 45.0 Å². The zero-order valence-corrected chi connectivity index (χ0v) is 19.9. The number of hydrogen-bond donors (Lipinski definition) is 2. The van der Waals surface area contributed by atoms with Crippen molar-refractivity contribution >= 4 is 40.3 Å². The van der Waals surface area contributed by atoms with Gasteiger partial charge in [-0.1, -0.05) is 24.5 Å². The second-order valence-corrected chi connectivity index (χ2v) is 10.3. The van der Waals surface area contributed by atoms with Gasteiger partial charge in [-0.15, -0.1) is 11.3 Å². The molecule has 2 atom stereocenters. The van der Waals surface area contributed by atoms with Crippen LogP contribution in [0.2, 0.25) is 0 Å². The molecule has 1 unspecified atom stereocenters. The van der Waals surface area contributed by atoms with E-state index in [4.69, 9.17) is 0 Å². The van der Waals surface area contributed by atoms with E-state index >= 15 is 0 Å². The minimum Gasteiger partial charge on any atom is -0.351 e. The molecule has 5 rings (SSSR count). The van der Waals surface area contributed by atoms with Crippen LogP contribution < -0.4 is 5.32 Å². The van der Waals surface area contributed by atoms with Gasteiger partial charge in [0.1, 0.15) is 5.69 Å². The van der Waals surface area contributed by atoms with Crippen LogP contribution in [0, 0.1) is 12.8 Å². The van der Waals surface area contributed by atoms with E-state index in [9.17, 15) is 9.59 Å². The van der Waals surface area contributed by atoms with Crippen LogP contribution in [0.5, 0.6) is 0 Å². The van der Waals surface area contributed by atoms with Crippen molar-refractivity contribution in [3.8, 4) is 0 Å². The normalized spacial score (nSPS) is 21.4. The number of aliphatic imine (C=N–C) groups is 1. The number of carbonyl (C=O) groups is 2. The van der Waals surface area contributed by atoms with Crippen LogP contribution in [0.25, 0.3) is 10.9 Å². The molecule has 1 fully saturated rings. The Hall–Kier alpha value is -2.84. The third-order valence-electron chi connectivity index (χ3n) is 6.65. The molecule has 3 aromatic rings. The molecule has 2 aliphatic rings. The molecule has 0 saturated heterocycles. The SMILES string of the molecule is Cc1ccc2[nH]c(C(=O)N[C@H]3CCCCC3C=NC(=O)c3nc4c(s3)CN(C)CC4)cc2c1. The maximum absolute atomic E-state index is 12.9. The minimum atomic E-state index is -0.279. The lowest BCUT2D eigenvalue weighted by Crippen LogP contribution is -2.42. The van der Waals surface area contributed by atoms with Gasteiger partial charge in [0.15, 0.2) is 5.01 Å². The van der Waals surface area contributed by atoms with E-state index in [0.29, 0.717) is 10.7 Å². The molecule has 0 bridgehead atoms. The highest BCUT2D eigenvalue weighted by atomic mass is 32.1. The molecule has 2 amide bonds. The summed E-state index contributed by atoms with van der Waals surface area (Å²) in [6.07, 6.45) is 6.54. The van der Waals surface area contributed by atoms with Crippen molar-refractivity contribution in [3.05, 3.63) is 51.1 Å². The van der Waals surface area contributed by atoms with Crippen LogP contribution in [0.1, 0.15) is 62.1 Å². The average molecular weight is 464 g/mol. The molecule has 3 heterocycles. The van der Waals surface area contributed by atoms with Crippen molar-refractivity contribution in [3.63, 3.8) is 0 Å². The number of benzene rings is 1. The number of aryl methyl sites for hydroxylation is 1. The smallest absolute Gasteiger partial charge is 0.305 e. The molecule has 0 radical (unpaired) electrons. The highest BCUT2D eigenvalue weighted by Crippen LogP contribution is 2.26. The van der Waals surface area contributed by atoms with Crippen LogP contribution in [0.3, 0.4) is 0 Å². The lowest BCUT2D eigenvalue weighted by Gasteiger charge is -2.29. The minimum absolute atomic E-state index is 0.0332. The average Bonchev–Trinajstić information content (AvgIpc) is 3.41. The van der Waals surface area contributed by atoms with Gasteiger partial charge in [-0.25, -0.2) is 9.98 Å². The summed E-state index contributed by atoms with van der Waals surface area (Å²) in [4.78, 5) is 41.1. The van der Waals surface area contributed by atoms with Crippen LogP contribution in [0.15, 0.2) is 29.3 Å². The first-order chi connectivity index (χ1) is 16.0. The number of hydrogen-bond acceptors (Lipinski definition) is 5. The zero-order valence-electron chi connectivity index (χ0n) is 19.1. The Morgan fingerprint density at radius 3 is 3.00 bits per heavy atom. The molecule has 172 valence electrons. The fourth-order valence-electron chi connectivity index (χ4n) is 4.77. The lowest BCUT2D eigenvalue weighted by molar-refractivity contribution is 0.0915. The number of likely N-dealkylation sites (N-methyl/N-ethyl adjacent to an activating group) is 1. The number of thiazole rings is 1. The van der Waals surface area contributed by atoms with Gasteiger partial charge >= 0.3 is 5.91 Å². The number of aromatic amines is 1. The molecule has 2 aromatic heterocycles. The molecule has 33 heavy (non-hydrogen) atoms. The number of fused-ring (bicyclic) bond motifs is 2. The van der Waals surface area contributed by atoms with Crippen molar-refractivity contribution in [2.75, 3.05) is 13.6 Å². The Balaban J connectivity index is 1.26. The highest BCUT2D eigenvalue weighted by Gasteiger charge is 2.27. The van der Waals surface area contributed by atoms with Crippen molar-refractivity contribution in [1.82, 2.24) is 20.2 Å². The van der Waals surface area contributed by atoms with Gasteiger partial charge in [-0.2, -0.15) is 0 Å². The van der Waals surface area contributed by atoms with Gasteiger partial charge in [0.05, 0.1) is 5.69 Å². The standard InChI is InChI=1S/C25H29N5O2S/c1-15-7-8-19-17(11-15)12-21(27-19)23(31)28-18-6-4-3-5-16(18)13-26-24(32)25-29-20-9-10-30(2)14-22(20)33-25/h7-8,11-13,16,18,27H,3-6,9-10,14H2,1-2H3,(H,28,31)/t16?,18-/m0/s1. The molecule has 1 aromatic carbocycles. The summed E-state index contributed by atoms with van der Waals surface area (Å²) in [7, 11) is 2.08. The van der Waals surface area contributed by atoms with Crippen molar-refractivity contribution in [1.29, 1.82) is 0 Å². The Kier molecular flexibility index (Phi) is 6.12. The predicted molar refractivity (Wildman–Crippen MR) is 131 cm³/mol. The van der Waals surface area contributed by atoms with Crippen molar-refractivity contribution in [2.45, 2.75) is 51.6 Å². The van der Waals surface area contributed by atoms with E-state index < -0.39 is 0 Å². The number of H-pyrrole nitrogens is 1. The molecule has 1 aliphatic carbocycles. The number of rotatable bonds is 4. The van der Waals surface area contributed by atoms with E-state index in [0.717, 1.165) is 67.4 Å². The van der Waals surface area contributed by atoms with Crippen LogP contribution in [-0.2, 0) is 13.0 Å². The van der Waals surface area contributed by atoms with Gasteiger partial charge < -0.3 is 15.2 Å². The Bertz CT molecular complexity index is 1230. The van der Waals surface area contributed by atoms with Crippen LogP contribution >= 0.6 is 11.3 Å². The quantitative estimate of drug-likeness (QED) is 0.570. The molecule has 0 spiro atoms. The zero-order chi connectivity index (χ0) is 22.9. The number of carbonyl (C=O) groups excluding carboxylic acids is 2. The Morgan fingerprint density at radius 1 is 1.27 bits per heavy atom. The summed E-state index contributed by atoms with van der Waals surface area (Å²) in [6.45, 7) is 3.85. The fraction of sp³-hybridized carbons (Fsp3) is 0.440. The van der Waals surface area contributed by atoms with E-state index in [1.165, 1.54) is 16.2 Å². The van der Waals surface area contributed by atoms with Gasteiger partial charge in [0.2, 0.25) is 0 Å². The Labute approximate surface area is 197 Å². The molecular formula is C25H29N5O2S. The van der Waals surface area contributed by atoms with Crippen molar-refractivity contribution < 1.29 is 9.59 Å². The topological polar surface area (TPSA) is 90.4 Å². The van der Waals surface area contributed by atoms with Gasteiger partial charge in [-0.3, -0.25) is 9.59 Å². The number of nitrogens with one attached hydrogen (secondary N) is 2. The van der Waals surface area contributed by atoms with Gasteiger partial charge in [0.25, 0.3) is 5.91 Å². The Morgan fingerprint density at radius 2 is 2.12 bits per heavy atom. The highest BCUT2D eigenvalue weighted by molar-refractivity contribution is 7.13. The monoisotopic (exact) mass is 463 g/mol. The van der Waals surface area contributed by atoms with Crippen molar-refractivity contribution in [2.24, 2.45) is 10.9 Å². The summed E-state index contributed by atoms with van der Waals surface area (Å²) >= 11 is 1.46. The van der Waals surface area contributed by atoms with Crippen LogP contribution in [-0.4, -0.2) is 52.5 Å². The van der Waals surface area contributed by atoms with E-state index in [1.807, 2.05) is 25.1 Å². The maximum atomic E-state index is 12.9. The summed E-state index contributed by atoms with van der Waals surface area (Å²) in [5, 5.41) is 4.68. The maximum Gasteiger partial charge on any atom is 0.305 e. The molecule has 8 heteroatoms. The molecule has 2 N–H and O–H groups in total. The molecule has 1 saturated carbocycles. The summed E-state index contributed by atoms with van der Waals surface area (Å²) in [6, 6.07) is 7.96. The first-order valence-corrected chi connectivity index (χ1v) is 12.4. The number of amides is 2. The third kappa shape index (κ3) is 4.77. The first kappa shape index (κ1) is 22.0. The van der Waals surface area contributed by atoms with Gasteiger partial charge in [0, 0.05) is 53.5 Å². The summed E-state index contributed by atoms with van der Waals surface area (Å²) in [5.41, 5.74) is 3.71. The second kappa shape index (κ2) is 9.19. The predicted octanol–water partition coefficient (Wildman–Crippen LogP) is 4.12. The van der Waals surface area contributed by atoms with Crippen LogP contribution in [0.4, 0.5) is 0 Å². The third-order valence-corrected chi connectivity index (χ3v) is 7.72. The number of nitrogens with zero attached hydrogens (tertiary/aromatic N) is 3. The van der Waals surface area contributed by atoms with E-state index in [-0.39, 0.29) is 23.8 Å². The van der Waals surface area contributed by atoms with E-state index in [1.54, 1.807) is 6.21 Å². The number of aromatic nitrogens is 2. The summed E-state index contributed by atoms with van der Waals surface area (Å²) < 4.78 is 0. The lowest BCUT2D eigenvalue weighted by atomic mass is 9.85. The second-order valence-electron chi connectivity index (χ2n) is 9.26. The van der Waals surface area contributed by atoms with E-state index in [2.05, 4.69) is 38.3 Å². The molecule has 1 aliphatic heterocycles. The molecular weight excluding hydrogens is 434 g/mol. The molecule has 7 nitrogen and oxygen atoms in total.